The Morgan fingerprint density at radius 2 is 1.17 bits per heavy atom. The summed E-state index contributed by atoms with van der Waals surface area (Å²) in [5, 5.41) is 1.05. The van der Waals surface area contributed by atoms with Crippen LogP contribution in [0.15, 0.2) is 108 Å². The molecule has 138 valence electrons. The number of benzene rings is 4. The number of nitrogens with zero attached hydrogens (tertiary/aromatic N) is 2. The Morgan fingerprint density at radius 3 is 2.00 bits per heavy atom. The van der Waals surface area contributed by atoms with Crippen LogP contribution in [0.2, 0.25) is 0 Å². The van der Waals surface area contributed by atoms with Gasteiger partial charge in [-0.2, -0.15) is 0 Å². The van der Waals surface area contributed by atoms with Gasteiger partial charge >= 0.3 is 0 Å². The quantitative estimate of drug-likeness (QED) is 0.294. The van der Waals surface area contributed by atoms with Gasteiger partial charge in [-0.25, -0.2) is 9.97 Å². The third-order valence-electron chi connectivity index (χ3n) is 4.93. The zero-order chi connectivity index (χ0) is 19.6. The summed E-state index contributed by atoms with van der Waals surface area (Å²) in [4.78, 5) is 9.78. The Kier molecular flexibility index (Phi) is 4.66. The van der Waals surface area contributed by atoms with Gasteiger partial charge in [0.2, 0.25) is 0 Å². The molecule has 0 saturated carbocycles. The molecule has 0 amide bonds. The maximum atomic E-state index is 4.97. The highest BCUT2D eigenvalue weighted by atomic mass is 79.9. The SMILES string of the molecule is Brc1cccc(-c2cccc(-c3nc(-c4ccccc4)nc4ccccc34)c2)c1. The molecule has 0 aliphatic heterocycles. The van der Waals surface area contributed by atoms with Crippen LogP contribution in [0, 0.1) is 0 Å². The Bertz CT molecular complexity index is 1310. The first-order chi connectivity index (χ1) is 14.3. The molecule has 0 spiro atoms. The van der Waals surface area contributed by atoms with Crippen LogP contribution in [0.3, 0.4) is 0 Å². The van der Waals surface area contributed by atoms with Crippen LogP contribution in [0.25, 0.3) is 44.7 Å². The molecule has 0 saturated heterocycles. The van der Waals surface area contributed by atoms with Crippen LogP contribution < -0.4 is 0 Å². The van der Waals surface area contributed by atoms with Crippen LogP contribution in [0.1, 0.15) is 0 Å². The van der Waals surface area contributed by atoms with Crippen molar-refractivity contribution in [2.45, 2.75) is 0 Å². The number of rotatable bonds is 3. The Balaban J connectivity index is 1.72. The van der Waals surface area contributed by atoms with Crippen LogP contribution in [-0.2, 0) is 0 Å². The molecule has 5 aromatic rings. The molecule has 3 heteroatoms. The molecule has 0 radical (unpaired) electrons. The van der Waals surface area contributed by atoms with Crippen molar-refractivity contribution in [1.82, 2.24) is 9.97 Å². The zero-order valence-corrected chi connectivity index (χ0v) is 17.2. The molecule has 0 bridgehead atoms. The molecule has 2 nitrogen and oxygen atoms in total. The summed E-state index contributed by atoms with van der Waals surface area (Å²) in [6.07, 6.45) is 0. The largest absolute Gasteiger partial charge is 0.228 e. The van der Waals surface area contributed by atoms with Gasteiger partial charge in [0.05, 0.1) is 11.2 Å². The summed E-state index contributed by atoms with van der Waals surface area (Å²) < 4.78 is 1.07. The van der Waals surface area contributed by atoms with Gasteiger partial charge < -0.3 is 0 Å². The molecule has 0 aliphatic rings. The minimum absolute atomic E-state index is 0.743. The van der Waals surface area contributed by atoms with E-state index in [9.17, 15) is 0 Å². The predicted molar refractivity (Wildman–Crippen MR) is 124 cm³/mol. The van der Waals surface area contributed by atoms with Crippen molar-refractivity contribution in [2.24, 2.45) is 0 Å². The van der Waals surface area contributed by atoms with Gasteiger partial charge in [0, 0.05) is 21.0 Å². The lowest BCUT2D eigenvalue weighted by molar-refractivity contribution is 1.23. The summed E-state index contributed by atoms with van der Waals surface area (Å²) in [6.45, 7) is 0. The average Bonchev–Trinajstić information content (AvgIpc) is 2.79. The molecule has 29 heavy (non-hydrogen) atoms. The first-order valence-corrected chi connectivity index (χ1v) is 10.3. The van der Waals surface area contributed by atoms with Crippen LogP contribution in [0.4, 0.5) is 0 Å². The lowest BCUT2D eigenvalue weighted by Gasteiger charge is -2.11. The maximum absolute atomic E-state index is 4.97. The molecule has 4 aromatic carbocycles. The predicted octanol–water partition coefficient (Wildman–Crippen LogP) is 7.39. The summed E-state index contributed by atoms with van der Waals surface area (Å²) in [7, 11) is 0. The second-order valence-electron chi connectivity index (χ2n) is 6.87. The van der Waals surface area contributed by atoms with E-state index in [1.54, 1.807) is 0 Å². The minimum atomic E-state index is 0.743. The first-order valence-electron chi connectivity index (χ1n) is 9.46. The van der Waals surface area contributed by atoms with Gasteiger partial charge in [0.15, 0.2) is 5.82 Å². The summed E-state index contributed by atoms with van der Waals surface area (Å²) in [5.74, 6) is 0.743. The normalized spacial score (nSPS) is 10.9. The topological polar surface area (TPSA) is 25.8 Å². The summed E-state index contributed by atoms with van der Waals surface area (Å²) in [6, 6.07) is 35.2. The standard InChI is InChI=1S/C26H17BrN2/c27-22-13-7-11-20(17-22)19-10-6-12-21(16-19)25-23-14-4-5-15-24(23)28-26(29-25)18-8-2-1-3-9-18/h1-17H. The lowest BCUT2D eigenvalue weighted by atomic mass is 9.99. The van der Waals surface area contributed by atoms with E-state index in [1.165, 1.54) is 5.56 Å². The number of aromatic nitrogens is 2. The molecular formula is C26H17BrN2. The van der Waals surface area contributed by atoms with Gasteiger partial charge in [-0.1, -0.05) is 94.8 Å². The Morgan fingerprint density at radius 1 is 0.517 bits per heavy atom. The highest BCUT2D eigenvalue weighted by Gasteiger charge is 2.12. The van der Waals surface area contributed by atoms with E-state index in [2.05, 4.69) is 64.5 Å². The van der Waals surface area contributed by atoms with Gasteiger partial charge in [-0.15, -0.1) is 0 Å². The number of para-hydroxylation sites is 1. The highest BCUT2D eigenvalue weighted by molar-refractivity contribution is 9.10. The van der Waals surface area contributed by atoms with Crippen molar-refractivity contribution in [3.63, 3.8) is 0 Å². The van der Waals surface area contributed by atoms with Gasteiger partial charge in [-0.05, 0) is 35.4 Å². The van der Waals surface area contributed by atoms with Crippen molar-refractivity contribution < 1.29 is 0 Å². The number of hydrogen-bond donors (Lipinski definition) is 0. The van der Waals surface area contributed by atoms with Gasteiger partial charge in [-0.3, -0.25) is 0 Å². The molecular weight excluding hydrogens is 420 g/mol. The second-order valence-corrected chi connectivity index (χ2v) is 7.79. The second kappa shape index (κ2) is 7.61. The smallest absolute Gasteiger partial charge is 0.160 e. The van der Waals surface area contributed by atoms with E-state index in [0.717, 1.165) is 43.6 Å². The van der Waals surface area contributed by atoms with Crippen molar-refractivity contribution in [1.29, 1.82) is 0 Å². The molecule has 0 unspecified atom stereocenters. The fourth-order valence-electron chi connectivity index (χ4n) is 3.53. The summed E-state index contributed by atoms with van der Waals surface area (Å²) >= 11 is 3.57. The fraction of sp³-hybridized carbons (Fsp3) is 0. The monoisotopic (exact) mass is 436 g/mol. The number of hydrogen-bond acceptors (Lipinski definition) is 2. The number of fused-ring (bicyclic) bond motifs is 1. The Hall–Kier alpha value is -3.30. The van der Waals surface area contributed by atoms with Crippen LogP contribution in [0.5, 0.6) is 0 Å². The van der Waals surface area contributed by atoms with Crippen LogP contribution >= 0.6 is 15.9 Å². The van der Waals surface area contributed by atoms with Gasteiger partial charge in [0.1, 0.15) is 0 Å². The third-order valence-corrected chi connectivity index (χ3v) is 5.42. The van der Waals surface area contributed by atoms with Crippen molar-refractivity contribution in [3.8, 4) is 33.8 Å². The molecule has 0 N–H and O–H groups in total. The van der Waals surface area contributed by atoms with Crippen molar-refractivity contribution in [2.75, 3.05) is 0 Å². The minimum Gasteiger partial charge on any atom is -0.228 e. The zero-order valence-electron chi connectivity index (χ0n) is 15.6. The summed E-state index contributed by atoms with van der Waals surface area (Å²) in [5.41, 5.74) is 6.33. The molecule has 1 aromatic heterocycles. The number of halogens is 1. The van der Waals surface area contributed by atoms with E-state index in [0.29, 0.717) is 0 Å². The van der Waals surface area contributed by atoms with E-state index in [-0.39, 0.29) is 0 Å². The lowest BCUT2D eigenvalue weighted by Crippen LogP contribution is -1.95. The Labute approximate surface area is 178 Å². The molecule has 5 rings (SSSR count). The van der Waals surface area contributed by atoms with Crippen LogP contribution in [-0.4, -0.2) is 9.97 Å². The van der Waals surface area contributed by atoms with E-state index in [1.807, 2.05) is 54.6 Å². The van der Waals surface area contributed by atoms with E-state index >= 15 is 0 Å². The first kappa shape index (κ1) is 17.8. The maximum Gasteiger partial charge on any atom is 0.160 e. The van der Waals surface area contributed by atoms with Crippen molar-refractivity contribution >= 4 is 26.8 Å². The average molecular weight is 437 g/mol. The highest BCUT2D eigenvalue weighted by Crippen LogP contribution is 2.32. The molecule has 0 atom stereocenters. The molecule has 1 heterocycles. The third kappa shape index (κ3) is 3.57. The fourth-order valence-corrected chi connectivity index (χ4v) is 3.93. The van der Waals surface area contributed by atoms with Gasteiger partial charge in [0.25, 0.3) is 0 Å². The molecule has 0 fully saturated rings. The molecule has 0 aliphatic carbocycles. The van der Waals surface area contributed by atoms with Crippen molar-refractivity contribution in [3.05, 3.63) is 108 Å². The van der Waals surface area contributed by atoms with E-state index in [4.69, 9.17) is 9.97 Å². The van der Waals surface area contributed by atoms with E-state index < -0.39 is 0 Å².